The van der Waals surface area contributed by atoms with E-state index in [9.17, 15) is 4.79 Å². The van der Waals surface area contributed by atoms with Crippen LogP contribution in [0.1, 0.15) is 25.7 Å². The molecule has 0 radical (unpaired) electrons. The topological polar surface area (TPSA) is 49.3 Å². The van der Waals surface area contributed by atoms with Gasteiger partial charge in [0.25, 0.3) is 0 Å². The number of carboxylic acid groups (broad SMARTS) is 1. The Bertz CT molecular complexity index is 175. The second kappa shape index (κ2) is 5.50. The van der Waals surface area contributed by atoms with Crippen LogP contribution in [0.4, 0.5) is 0 Å². The van der Waals surface area contributed by atoms with Gasteiger partial charge < -0.3 is 10.4 Å². The number of nitrogens with one attached hydrogen (secondary N) is 1. The van der Waals surface area contributed by atoms with E-state index in [2.05, 4.69) is 11.6 Å². The summed E-state index contributed by atoms with van der Waals surface area (Å²) in [4.78, 5) is 10.4. The number of aliphatic carboxylic acids is 1. The largest absolute Gasteiger partial charge is 0.480 e. The summed E-state index contributed by atoms with van der Waals surface area (Å²) in [6.45, 7) is 0.0989. The van der Waals surface area contributed by atoms with Gasteiger partial charge in [-0.15, -0.1) is 0 Å². The maximum absolute atomic E-state index is 10.4. The van der Waals surface area contributed by atoms with Gasteiger partial charge in [-0.2, -0.15) is 11.8 Å². The zero-order valence-electron chi connectivity index (χ0n) is 7.95. The van der Waals surface area contributed by atoms with Gasteiger partial charge in [0.05, 0.1) is 6.54 Å². The van der Waals surface area contributed by atoms with Crippen molar-refractivity contribution < 1.29 is 9.90 Å². The number of hydrogen-bond acceptors (Lipinski definition) is 3. The average Bonchev–Trinajstić information content (AvgIpc) is 2.15. The highest BCUT2D eigenvalue weighted by atomic mass is 32.2. The molecule has 1 saturated carbocycles. The molecule has 13 heavy (non-hydrogen) atoms. The Kier molecular flexibility index (Phi) is 4.59. The van der Waals surface area contributed by atoms with E-state index in [1.807, 2.05) is 11.8 Å². The van der Waals surface area contributed by atoms with E-state index < -0.39 is 5.97 Å². The van der Waals surface area contributed by atoms with Gasteiger partial charge >= 0.3 is 5.97 Å². The van der Waals surface area contributed by atoms with Gasteiger partial charge in [0.1, 0.15) is 0 Å². The van der Waals surface area contributed by atoms with E-state index in [0.717, 1.165) is 6.42 Å². The van der Waals surface area contributed by atoms with Crippen molar-refractivity contribution in [1.82, 2.24) is 5.32 Å². The quantitative estimate of drug-likeness (QED) is 0.724. The lowest BCUT2D eigenvalue weighted by molar-refractivity contribution is -0.136. The SMILES string of the molecule is CSC1CCCCC1NCC(=O)O. The van der Waals surface area contributed by atoms with E-state index in [4.69, 9.17) is 5.11 Å². The van der Waals surface area contributed by atoms with Gasteiger partial charge in [0, 0.05) is 11.3 Å². The van der Waals surface area contributed by atoms with Crippen LogP contribution in [0.15, 0.2) is 0 Å². The van der Waals surface area contributed by atoms with Crippen LogP contribution in [0.2, 0.25) is 0 Å². The summed E-state index contributed by atoms with van der Waals surface area (Å²) >= 11 is 1.85. The molecule has 4 heteroatoms. The third-order valence-corrected chi connectivity index (χ3v) is 3.69. The maximum Gasteiger partial charge on any atom is 0.317 e. The monoisotopic (exact) mass is 203 g/mol. The molecular formula is C9H17NO2S. The molecule has 0 bridgehead atoms. The molecule has 0 amide bonds. The van der Waals surface area contributed by atoms with Crippen LogP contribution in [0, 0.1) is 0 Å². The molecule has 2 atom stereocenters. The van der Waals surface area contributed by atoms with Crippen molar-refractivity contribution in [2.75, 3.05) is 12.8 Å². The minimum absolute atomic E-state index is 0.0989. The lowest BCUT2D eigenvalue weighted by Crippen LogP contribution is -2.42. The van der Waals surface area contributed by atoms with Gasteiger partial charge in [0.2, 0.25) is 0 Å². The molecular weight excluding hydrogens is 186 g/mol. The fourth-order valence-corrected chi connectivity index (χ4v) is 2.79. The first-order chi connectivity index (χ1) is 6.24. The molecule has 76 valence electrons. The van der Waals surface area contributed by atoms with Crippen LogP contribution in [0.5, 0.6) is 0 Å². The molecule has 0 aromatic heterocycles. The Morgan fingerprint density at radius 1 is 1.54 bits per heavy atom. The minimum Gasteiger partial charge on any atom is -0.480 e. The number of thioether (sulfide) groups is 1. The smallest absolute Gasteiger partial charge is 0.317 e. The highest BCUT2D eigenvalue weighted by Gasteiger charge is 2.23. The molecule has 1 aliphatic rings. The van der Waals surface area contributed by atoms with Gasteiger partial charge in [-0.05, 0) is 19.1 Å². The van der Waals surface area contributed by atoms with Crippen LogP contribution >= 0.6 is 11.8 Å². The second-order valence-corrected chi connectivity index (χ2v) is 4.52. The third-order valence-electron chi connectivity index (χ3n) is 2.52. The third kappa shape index (κ3) is 3.56. The summed E-state index contributed by atoms with van der Waals surface area (Å²) < 4.78 is 0. The molecule has 0 aromatic carbocycles. The molecule has 2 unspecified atom stereocenters. The van der Waals surface area contributed by atoms with Crippen molar-refractivity contribution in [3.8, 4) is 0 Å². The van der Waals surface area contributed by atoms with E-state index in [1.54, 1.807) is 0 Å². The molecule has 0 aliphatic heterocycles. The Morgan fingerprint density at radius 2 is 2.23 bits per heavy atom. The molecule has 1 rings (SSSR count). The molecule has 1 aliphatic carbocycles. The number of carbonyl (C=O) groups is 1. The summed E-state index contributed by atoms with van der Waals surface area (Å²) in [6, 6.07) is 0.403. The number of carboxylic acids is 1. The zero-order chi connectivity index (χ0) is 9.68. The van der Waals surface area contributed by atoms with Crippen LogP contribution in [-0.4, -0.2) is 35.2 Å². The van der Waals surface area contributed by atoms with Crippen molar-refractivity contribution >= 4 is 17.7 Å². The average molecular weight is 203 g/mol. The van der Waals surface area contributed by atoms with E-state index in [1.165, 1.54) is 19.3 Å². The van der Waals surface area contributed by atoms with Crippen LogP contribution in [-0.2, 0) is 4.79 Å². The van der Waals surface area contributed by atoms with Gasteiger partial charge in [-0.3, -0.25) is 4.79 Å². The summed E-state index contributed by atoms with van der Waals surface area (Å²) in [6.07, 6.45) is 6.97. The van der Waals surface area contributed by atoms with Crippen molar-refractivity contribution in [1.29, 1.82) is 0 Å². The molecule has 1 fully saturated rings. The Morgan fingerprint density at radius 3 is 2.85 bits per heavy atom. The van der Waals surface area contributed by atoms with Crippen LogP contribution in [0.25, 0.3) is 0 Å². The summed E-state index contributed by atoms with van der Waals surface area (Å²) in [5.74, 6) is -0.759. The predicted octanol–water partition coefficient (Wildman–Crippen LogP) is 1.33. The Hall–Kier alpha value is -0.220. The molecule has 0 heterocycles. The number of hydrogen-bond donors (Lipinski definition) is 2. The van der Waals surface area contributed by atoms with Crippen LogP contribution in [0.3, 0.4) is 0 Å². The first kappa shape index (κ1) is 10.9. The first-order valence-corrected chi connectivity index (χ1v) is 6.01. The molecule has 0 aromatic rings. The van der Waals surface area contributed by atoms with Crippen molar-refractivity contribution in [3.05, 3.63) is 0 Å². The van der Waals surface area contributed by atoms with E-state index in [0.29, 0.717) is 11.3 Å². The van der Waals surface area contributed by atoms with Crippen LogP contribution < -0.4 is 5.32 Å². The lowest BCUT2D eigenvalue weighted by atomic mass is 9.95. The van der Waals surface area contributed by atoms with Gasteiger partial charge in [-0.25, -0.2) is 0 Å². The van der Waals surface area contributed by atoms with Gasteiger partial charge in [-0.1, -0.05) is 12.8 Å². The fourth-order valence-electron chi connectivity index (χ4n) is 1.83. The second-order valence-electron chi connectivity index (χ2n) is 3.44. The highest BCUT2D eigenvalue weighted by Crippen LogP contribution is 2.26. The predicted molar refractivity (Wildman–Crippen MR) is 55.2 cm³/mol. The summed E-state index contributed by atoms with van der Waals surface area (Å²) in [5, 5.41) is 12.2. The standard InChI is InChI=1S/C9H17NO2S/c1-13-8-5-3-2-4-7(8)10-6-9(11)12/h7-8,10H,2-6H2,1H3,(H,11,12). The van der Waals surface area contributed by atoms with Crippen molar-refractivity contribution in [3.63, 3.8) is 0 Å². The molecule has 0 saturated heterocycles. The fraction of sp³-hybridized carbons (Fsp3) is 0.889. The molecule has 0 spiro atoms. The van der Waals surface area contributed by atoms with Crippen molar-refractivity contribution in [2.45, 2.75) is 37.0 Å². The van der Waals surface area contributed by atoms with Gasteiger partial charge in [0.15, 0.2) is 0 Å². The zero-order valence-corrected chi connectivity index (χ0v) is 8.77. The number of rotatable bonds is 4. The first-order valence-electron chi connectivity index (χ1n) is 4.72. The van der Waals surface area contributed by atoms with Crippen molar-refractivity contribution in [2.24, 2.45) is 0 Å². The Balaban J connectivity index is 2.31. The molecule has 3 nitrogen and oxygen atoms in total. The Labute approximate surface area is 83.3 Å². The minimum atomic E-state index is -0.759. The molecule has 2 N–H and O–H groups in total. The van der Waals surface area contributed by atoms with E-state index in [-0.39, 0.29) is 6.54 Å². The summed E-state index contributed by atoms with van der Waals surface area (Å²) in [5.41, 5.74) is 0. The highest BCUT2D eigenvalue weighted by molar-refractivity contribution is 7.99. The normalized spacial score (nSPS) is 28.7. The lowest BCUT2D eigenvalue weighted by Gasteiger charge is -2.30. The summed E-state index contributed by atoms with van der Waals surface area (Å²) in [7, 11) is 0. The maximum atomic E-state index is 10.4. The van der Waals surface area contributed by atoms with E-state index >= 15 is 0 Å².